The molecule has 0 aromatic heterocycles. The van der Waals surface area contributed by atoms with E-state index in [0.717, 1.165) is 57.4 Å². The molecular formula is C54H93NaO7S. The first-order valence-corrected chi connectivity index (χ1v) is 27.5. The average Bonchev–Trinajstić information content (AvgIpc) is 3.26. The molecule has 0 bridgehead atoms. The Morgan fingerprint density at radius 2 is 0.730 bits per heavy atom. The quantitative estimate of drug-likeness (QED) is 0.0211. The van der Waals surface area contributed by atoms with Gasteiger partial charge in [0.2, 0.25) is 0 Å². The number of rotatable bonds is 45. The third-order valence-corrected chi connectivity index (χ3v) is 12.9. The Labute approximate surface area is 410 Å². The Hall–Kier alpha value is -1.45. The molecule has 63 heavy (non-hydrogen) atoms. The second-order valence-corrected chi connectivity index (χ2v) is 19.2. The molecule has 0 aliphatic heterocycles. The Morgan fingerprint density at radius 3 is 1.05 bits per heavy atom. The van der Waals surface area contributed by atoms with Gasteiger partial charge < -0.3 is 14.0 Å². The fourth-order valence-electron chi connectivity index (χ4n) is 8.07. The van der Waals surface area contributed by atoms with Crippen LogP contribution in [-0.4, -0.2) is 38.1 Å². The molecule has 0 aliphatic carbocycles. The maximum Gasteiger partial charge on any atom is 1.00 e. The van der Waals surface area contributed by atoms with E-state index < -0.39 is 32.5 Å². The maximum atomic E-state index is 13.1. The van der Waals surface area contributed by atoms with Gasteiger partial charge in [-0.15, -0.1) is 0 Å². The second-order valence-electron chi connectivity index (χ2n) is 17.8. The van der Waals surface area contributed by atoms with E-state index in [1.165, 1.54) is 192 Å². The normalized spacial score (nSPS) is 11.7. The van der Waals surface area contributed by atoms with Gasteiger partial charge in [0, 0.05) is 0 Å². The molecule has 9 heteroatoms. The zero-order valence-electron chi connectivity index (χ0n) is 41.1. The van der Waals surface area contributed by atoms with Crippen LogP contribution in [0.25, 0.3) is 0 Å². The molecule has 0 amide bonds. The number of carbonyl (C=O) groups excluding carboxylic acids is 2. The molecule has 0 heterocycles. The number of allylic oxidation sites excluding steroid dienone is 4. The van der Waals surface area contributed by atoms with Crippen LogP contribution in [0.3, 0.4) is 0 Å². The third kappa shape index (κ3) is 37.3. The molecule has 7 nitrogen and oxygen atoms in total. The summed E-state index contributed by atoms with van der Waals surface area (Å²) in [5, 5.41) is 0. The van der Waals surface area contributed by atoms with Crippen LogP contribution >= 0.6 is 0 Å². The van der Waals surface area contributed by atoms with E-state index >= 15 is 0 Å². The van der Waals surface area contributed by atoms with E-state index in [9.17, 15) is 22.6 Å². The molecule has 0 unspecified atom stereocenters. The zero-order chi connectivity index (χ0) is 45.0. The number of ether oxygens (including phenoxy) is 2. The fourth-order valence-corrected chi connectivity index (χ4v) is 8.76. The van der Waals surface area contributed by atoms with Crippen molar-refractivity contribution in [2.75, 3.05) is 13.2 Å². The summed E-state index contributed by atoms with van der Waals surface area (Å²) in [5.41, 5.74) is -0.781. The van der Waals surface area contributed by atoms with Gasteiger partial charge in [-0.05, 0) is 76.3 Å². The summed E-state index contributed by atoms with van der Waals surface area (Å²) in [6, 6.07) is 3.64. The van der Waals surface area contributed by atoms with Crippen molar-refractivity contribution in [2.45, 2.75) is 263 Å². The van der Waals surface area contributed by atoms with E-state index in [1.54, 1.807) is 0 Å². The summed E-state index contributed by atoms with van der Waals surface area (Å²) in [6.45, 7) is 4.78. The fraction of sp³-hybridized carbons (Fsp3) is 0.778. The van der Waals surface area contributed by atoms with Crippen molar-refractivity contribution in [3.8, 4) is 0 Å². The van der Waals surface area contributed by atoms with Crippen LogP contribution in [0.2, 0.25) is 0 Å². The first-order valence-electron chi connectivity index (χ1n) is 26.1. The molecule has 0 radical (unpaired) electrons. The summed E-state index contributed by atoms with van der Waals surface area (Å²) < 4.78 is 46.9. The van der Waals surface area contributed by atoms with E-state index in [-0.39, 0.29) is 48.3 Å². The van der Waals surface area contributed by atoms with E-state index in [1.807, 2.05) is 0 Å². The number of hydrogen-bond donors (Lipinski definition) is 0. The molecule has 1 aromatic carbocycles. The summed E-state index contributed by atoms with van der Waals surface area (Å²) in [5.74, 6) is -1.81. The molecule has 358 valence electrons. The SMILES string of the molecule is CCCCCCCCCCCC/C=C/CCCCCCCCCOC(=O)c1cccc(S(=O)(=O)[O-])c1C(=O)OCCCCCCCCC/C=C/CCCCCCCCCCCC.[Na+]. The zero-order valence-corrected chi connectivity index (χ0v) is 43.9. The van der Waals surface area contributed by atoms with Crippen molar-refractivity contribution in [1.82, 2.24) is 0 Å². The minimum Gasteiger partial charge on any atom is -0.744 e. The molecule has 0 saturated carbocycles. The van der Waals surface area contributed by atoms with Gasteiger partial charge in [0.15, 0.2) is 0 Å². The van der Waals surface area contributed by atoms with Crippen LogP contribution < -0.4 is 29.6 Å². The predicted molar refractivity (Wildman–Crippen MR) is 260 cm³/mol. The first-order chi connectivity index (χ1) is 30.3. The van der Waals surface area contributed by atoms with Gasteiger partial charge in [-0.1, -0.05) is 224 Å². The van der Waals surface area contributed by atoms with Crippen molar-refractivity contribution in [3.05, 3.63) is 53.6 Å². The van der Waals surface area contributed by atoms with Crippen LogP contribution in [0.5, 0.6) is 0 Å². The van der Waals surface area contributed by atoms with Crippen LogP contribution in [0, 0.1) is 0 Å². The van der Waals surface area contributed by atoms with Gasteiger partial charge in [-0.3, -0.25) is 0 Å². The summed E-state index contributed by atoms with van der Waals surface area (Å²) >= 11 is 0. The van der Waals surface area contributed by atoms with Crippen LogP contribution in [0.4, 0.5) is 0 Å². The molecule has 0 aliphatic rings. The summed E-state index contributed by atoms with van der Waals surface area (Å²) in [6.07, 6.45) is 56.2. The van der Waals surface area contributed by atoms with Crippen molar-refractivity contribution < 1.29 is 61.6 Å². The number of esters is 2. The molecular weight excluding hydrogens is 816 g/mol. The molecule has 1 aromatic rings. The molecule has 0 spiro atoms. The average molecular weight is 909 g/mol. The second kappa shape index (κ2) is 45.7. The van der Waals surface area contributed by atoms with E-state index in [2.05, 4.69) is 38.2 Å². The number of carbonyl (C=O) groups is 2. The van der Waals surface area contributed by atoms with Gasteiger partial charge in [0.05, 0.1) is 29.2 Å². The van der Waals surface area contributed by atoms with Crippen LogP contribution in [0.15, 0.2) is 47.4 Å². The molecule has 0 N–H and O–H groups in total. The topological polar surface area (TPSA) is 110 Å². The van der Waals surface area contributed by atoms with Gasteiger partial charge in [0.25, 0.3) is 0 Å². The van der Waals surface area contributed by atoms with Gasteiger partial charge in [-0.25, -0.2) is 18.0 Å². The molecule has 0 saturated heterocycles. The molecule has 0 atom stereocenters. The largest absolute Gasteiger partial charge is 1.00 e. The standard InChI is InChI=1S/C54H94O7S.Na/c1-3-5-7-9-11-13-15-17-19-21-23-25-27-29-31-33-35-37-39-41-43-48-60-53(55)50-46-45-47-51(62(57,58)59)52(50)54(56)61-49-44-42-40-38-36-34-32-30-28-26-24-22-20-18-16-14-12-10-8-6-4-2;/h25-28,45-47H,3-24,29-44,48-49H2,1-2H3,(H,57,58,59);/q;+1/p-1/b27-25+,28-26+;. The molecule has 1 rings (SSSR count). The van der Waals surface area contributed by atoms with E-state index in [4.69, 9.17) is 9.47 Å². The van der Waals surface area contributed by atoms with E-state index in [0.29, 0.717) is 12.8 Å². The van der Waals surface area contributed by atoms with Crippen LogP contribution in [-0.2, 0) is 19.6 Å². The van der Waals surface area contributed by atoms with Crippen molar-refractivity contribution >= 4 is 22.1 Å². The summed E-state index contributed by atoms with van der Waals surface area (Å²) in [4.78, 5) is 25.3. The van der Waals surface area contributed by atoms with Crippen molar-refractivity contribution in [2.24, 2.45) is 0 Å². The smallest absolute Gasteiger partial charge is 0.744 e. The Bertz CT molecular complexity index is 1380. The Morgan fingerprint density at radius 1 is 0.444 bits per heavy atom. The Balaban J connectivity index is 0.0000384. The van der Waals surface area contributed by atoms with Crippen molar-refractivity contribution in [3.63, 3.8) is 0 Å². The Kier molecular flexibility index (Phi) is 44.6. The van der Waals surface area contributed by atoms with Crippen molar-refractivity contribution in [1.29, 1.82) is 0 Å². The monoisotopic (exact) mass is 909 g/mol. The minimum atomic E-state index is -5.02. The maximum absolute atomic E-state index is 13.1. The number of hydrogen-bond acceptors (Lipinski definition) is 7. The molecule has 0 fully saturated rings. The van der Waals surface area contributed by atoms with Gasteiger partial charge in [-0.2, -0.15) is 0 Å². The first kappa shape index (κ1) is 61.5. The third-order valence-electron chi connectivity index (χ3n) is 12.0. The number of unbranched alkanes of at least 4 members (excludes halogenated alkanes) is 34. The van der Waals surface area contributed by atoms with Gasteiger partial charge in [0.1, 0.15) is 10.1 Å². The predicted octanol–water partition coefficient (Wildman–Crippen LogP) is 13.9. The summed E-state index contributed by atoms with van der Waals surface area (Å²) in [7, 11) is -5.02. The van der Waals surface area contributed by atoms with Crippen LogP contribution in [0.1, 0.15) is 279 Å². The van der Waals surface area contributed by atoms with Gasteiger partial charge >= 0.3 is 41.5 Å². The minimum absolute atomic E-state index is 0. The number of benzene rings is 1.